The molecule has 3 N–H and O–H groups in total. The van der Waals surface area contributed by atoms with Crippen molar-refractivity contribution in [1.82, 2.24) is 4.57 Å². The number of benzene rings is 2. The van der Waals surface area contributed by atoms with Crippen LogP contribution in [-0.2, 0) is 19.1 Å². The summed E-state index contributed by atoms with van der Waals surface area (Å²) in [6, 6.07) is 8.17. The van der Waals surface area contributed by atoms with Crippen molar-refractivity contribution in [2.45, 2.75) is 46.6 Å². The molecule has 36 heavy (non-hydrogen) atoms. The number of amides is 1. The Morgan fingerprint density at radius 2 is 1.81 bits per heavy atom. The van der Waals surface area contributed by atoms with Crippen molar-refractivity contribution in [3.8, 4) is 22.6 Å². The second-order valence-corrected chi connectivity index (χ2v) is 10.6. The topological polar surface area (TPSA) is 94.6 Å². The fourth-order valence-electron chi connectivity index (χ4n) is 4.50. The molecule has 0 aliphatic heterocycles. The molecule has 0 saturated carbocycles. The predicted molar refractivity (Wildman–Crippen MR) is 142 cm³/mol. The van der Waals surface area contributed by atoms with Crippen molar-refractivity contribution < 1.29 is 19.0 Å². The quantitative estimate of drug-likeness (QED) is 0.349. The van der Waals surface area contributed by atoms with Gasteiger partial charge in [0.1, 0.15) is 22.0 Å². The first-order valence-corrected chi connectivity index (χ1v) is 12.4. The smallest absolute Gasteiger partial charge is 0.268 e. The lowest BCUT2D eigenvalue weighted by atomic mass is 9.92. The van der Waals surface area contributed by atoms with Gasteiger partial charge in [0, 0.05) is 29.8 Å². The SMILES string of the molecule is CCc1c(C(N)=O)sc2c(=O)n(C)cc(-c3cc(C(C)(C)O)ccc3Oc3c(C)cc(F)cc3C)c12. The predicted octanol–water partition coefficient (Wildman–Crippen LogP) is 5.70. The molecule has 0 radical (unpaired) electrons. The third-order valence-corrected chi connectivity index (χ3v) is 7.54. The maximum absolute atomic E-state index is 13.9. The van der Waals surface area contributed by atoms with Crippen LogP contribution in [0.25, 0.3) is 21.2 Å². The first-order chi connectivity index (χ1) is 16.8. The largest absolute Gasteiger partial charge is 0.456 e. The Morgan fingerprint density at radius 1 is 1.17 bits per heavy atom. The summed E-state index contributed by atoms with van der Waals surface area (Å²) >= 11 is 1.09. The lowest BCUT2D eigenvalue weighted by Gasteiger charge is -2.22. The third kappa shape index (κ3) is 4.42. The molecule has 0 aliphatic carbocycles. The molecule has 0 aliphatic rings. The summed E-state index contributed by atoms with van der Waals surface area (Å²) in [6.45, 7) is 8.82. The van der Waals surface area contributed by atoms with E-state index in [4.69, 9.17) is 10.5 Å². The molecular formula is C28H29FN2O4S. The first-order valence-electron chi connectivity index (χ1n) is 11.6. The van der Waals surface area contributed by atoms with E-state index in [0.29, 0.717) is 66.3 Å². The molecule has 0 spiro atoms. The molecule has 0 bridgehead atoms. The van der Waals surface area contributed by atoms with Crippen LogP contribution in [0.5, 0.6) is 11.5 Å². The molecule has 8 heteroatoms. The maximum Gasteiger partial charge on any atom is 0.268 e. The number of hydrogen-bond acceptors (Lipinski definition) is 5. The van der Waals surface area contributed by atoms with Gasteiger partial charge < -0.3 is 20.1 Å². The number of ether oxygens (including phenoxy) is 1. The maximum atomic E-state index is 13.9. The zero-order valence-electron chi connectivity index (χ0n) is 21.2. The van der Waals surface area contributed by atoms with Gasteiger partial charge in [0.25, 0.3) is 11.5 Å². The van der Waals surface area contributed by atoms with Crippen LogP contribution in [0.1, 0.15) is 52.7 Å². The van der Waals surface area contributed by atoms with E-state index >= 15 is 0 Å². The van der Waals surface area contributed by atoms with E-state index < -0.39 is 11.5 Å². The molecule has 0 atom stereocenters. The van der Waals surface area contributed by atoms with Gasteiger partial charge in [-0.25, -0.2) is 4.39 Å². The van der Waals surface area contributed by atoms with Crippen molar-refractivity contribution in [1.29, 1.82) is 0 Å². The van der Waals surface area contributed by atoms with E-state index in [1.807, 2.05) is 13.0 Å². The highest BCUT2D eigenvalue weighted by atomic mass is 32.1. The number of halogens is 1. The second-order valence-electron chi connectivity index (χ2n) is 9.53. The Labute approximate surface area is 212 Å². The fraction of sp³-hybridized carbons (Fsp3) is 0.286. The summed E-state index contributed by atoms with van der Waals surface area (Å²) in [5.74, 6) is 0.0584. The Kier molecular flexibility index (Phi) is 6.53. The number of nitrogens with two attached hydrogens (primary N) is 1. The van der Waals surface area contributed by atoms with Gasteiger partial charge in [-0.05, 0) is 80.6 Å². The second kappa shape index (κ2) is 9.19. The van der Waals surface area contributed by atoms with Gasteiger partial charge in [-0.15, -0.1) is 11.3 Å². The molecule has 1 amide bonds. The van der Waals surface area contributed by atoms with E-state index in [-0.39, 0.29) is 11.4 Å². The summed E-state index contributed by atoms with van der Waals surface area (Å²) in [4.78, 5) is 25.6. The van der Waals surface area contributed by atoms with Gasteiger partial charge in [-0.3, -0.25) is 9.59 Å². The normalized spacial score (nSPS) is 11.8. The Balaban J connectivity index is 2.09. The lowest BCUT2D eigenvalue weighted by Crippen LogP contribution is -2.17. The number of thiophene rings is 1. The summed E-state index contributed by atoms with van der Waals surface area (Å²) in [7, 11) is 1.65. The van der Waals surface area contributed by atoms with Crippen LogP contribution in [0, 0.1) is 19.7 Å². The number of rotatable bonds is 6. The highest BCUT2D eigenvalue weighted by molar-refractivity contribution is 7.21. The van der Waals surface area contributed by atoms with Crippen LogP contribution in [0.4, 0.5) is 4.39 Å². The minimum Gasteiger partial charge on any atom is -0.456 e. The van der Waals surface area contributed by atoms with Crippen LogP contribution in [0.15, 0.2) is 41.3 Å². The Bertz CT molecular complexity index is 1550. The highest BCUT2D eigenvalue weighted by Crippen LogP contribution is 2.43. The number of carbonyl (C=O) groups excluding carboxylic acids is 1. The van der Waals surface area contributed by atoms with Gasteiger partial charge in [0.05, 0.1) is 10.5 Å². The van der Waals surface area contributed by atoms with Crippen LogP contribution in [0.3, 0.4) is 0 Å². The van der Waals surface area contributed by atoms with Crippen molar-refractivity contribution in [2.75, 3.05) is 0 Å². The number of aliphatic hydroxyl groups is 1. The molecule has 2 aromatic heterocycles. The molecular weight excluding hydrogens is 479 g/mol. The van der Waals surface area contributed by atoms with Crippen LogP contribution < -0.4 is 16.0 Å². The lowest BCUT2D eigenvalue weighted by molar-refractivity contribution is 0.0786. The zero-order chi connectivity index (χ0) is 26.5. The molecule has 2 heterocycles. The number of aryl methyl sites for hydroxylation is 4. The van der Waals surface area contributed by atoms with E-state index in [1.54, 1.807) is 53.1 Å². The minimum absolute atomic E-state index is 0.229. The molecule has 6 nitrogen and oxygen atoms in total. The number of carbonyl (C=O) groups is 1. The summed E-state index contributed by atoms with van der Waals surface area (Å²) in [6.07, 6.45) is 2.21. The van der Waals surface area contributed by atoms with E-state index in [1.165, 1.54) is 16.7 Å². The third-order valence-electron chi connectivity index (χ3n) is 6.30. The summed E-state index contributed by atoms with van der Waals surface area (Å²) in [5.41, 5.74) is 8.20. The van der Waals surface area contributed by atoms with Crippen LogP contribution >= 0.6 is 11.3 Å². The highest BCUT2D eigenvalue weighted by Gasteiger charge is 2.25. The average molecular weight is 509 g/mol. The number of aromatic nitrogens is 1. The van der Waals surface area contributed by atoms with Crippen molar-refractivity contribution in [3.63, 3.8) is 0 Å². The van der Waals surface area contributed by atoms with Gasteiger partial charge in [0.15, 0.2) is 0 Å². The molecule has 4 rings (SSSR count). The van der Waals surface area contributed by atoms with Crippen molar-refractivity contribution >= 4 is 27.3 Å². The van der Waals surface area contributed by atoms with Crippen LogP contribution in [0.2, 0.25) is 0 Å². The van der Waals surface area contributed by atoms with E-state index in [0.717, 1.165) is 11.3 Å². The number of pyridine rings is 1. The van der Waals surface area contributed by atoms with Gasteiger partial charge >= 0.3 is 0 Å². The standard InChI is InChI=1S/C28H29FN2O4S/c1-7-18-22-20(13-31(6)27(33)25(22)36-24(18)26(30)32)19-12-16(28(4,5)34)8-9-21(19)35-23-14(2)10-17(29)11-15(23)3/h8-13,34H,7H2,1-6H3,(H2,30,32). The van der Waals surface area contributed by atoms with Crippen molar-refractivity contribution in [2.24, 2.45) is 12.8 Å². The van der Waals surface area contributed by atoms with E-state index in [2.05, 4.69) is 0 Å². The Hall–Kier alpha value is -3.49. The van der Waals surface area contributed by atoms with E-state index in [9.17, 15) is 19.1 Å². The van der Waals surface area contributed by atoms with Crippen LogP contribution in [-0.4, -0.2) is 15.6 Å². The average Bonchev–Trinajstić information content (AvgIpc) is 3.18. The Morgan fingerprint density at radius 3 is 2.36 bits per heavy atom. The number of nitrogens with zero attached hydrogens (tertiary/aromatic N) is 1. The molecule has 0 fully saturated rings. The zero-order valence-corrected chi connectivity index (χ0v) is 22.0. The van der Waals surface area contributed by atoms with Gasteiger partial charge in [0.2, 0.25) is 0 Å². The number of primary amides is 1. The van der Waals surface area contributed by atoms with Gasteiger partial charge in [-0.2, -0.15) is 0 Å². The molecule has 4 aromatic rings. The molecule has 2 aromatic carbocycles. The summed E-state index contributed by atoms with van der Waals surface area (Å²) < 4.78 is 22.2. The molecule has 0 saturated heterocycles. The van der Waals surface area contributed by atoms with Crippen molar-refractivity contribution in [3.05, 3.63) is 79.8 Å². The molecule has 188 valence electrons. The van der Waals surface area contributed by atoms with Gasteiger partial charge in [-0.1, -0.05) is 13.0 Å². The summed E-state index contributed by atoms with van der Waals surface area (Å²) in [5, 5.41) is 11.4. The monoisotopic (exact) mass is 508 g/mol. The minimum atomic E-state index is -1.14. The number of fused-ring (bicyclic) bond motifs is 1. The number of hydrogen-bond donors (Lipinski definition) is 2. The first kappa shape index (κ1) is 25.6. The fourth-order valence-corrected chi connectivity index (χ4v) is 5.74. The molecule has 0 unspecified atom stereocenters.